The standard InChI is InChI=1S/C27H35N3O2/c31-26(25-11-10-23-8-4-9-24(23)20-25)12-13-27(32)28-14-5-15-29-16-18-30(19-17-29)21-22-6-2-1-3-7-22/h1-3,6-7,10-11,20H,4-5,8-9,12-19,21H2,(H,28,32). The average Bonchev–Trinajstić information content (AvgIpc) is 3.30. The maximum atomic E-state index is 12.4. The average molecular weight is 434 g/mol. The van der Waals surface area contributed by atoms with E-state index in [1.807, 2.05) is 12.1 Å². The summed E-state index contributed by atoms with van der Waals surface area (Å²) in [6, 6.07) is 16.7. The number of nitrogens with zero attached hydrogens (tertiary/aromatic N) is 2. The Morgan fingerprint density at radius 1 is 0.844 bits per heavy atom. The van der Waals surface area contributed by atoms with E-state index in [-0.39, 0.29) is 24.5 Å². The van der Waals surface area contributed by atoms with Gasteiger partial charge in [-0.3, -0.25) is 14.5 Å². The summed E-state index contributed by atoms with van der Waals surface area (Å²) in [5.74, 6) is 0.0513. The largest absolute Gasteiger partial charge is 0.356 e. The van der Waals surface area contributed by atoms with Crippen LogP contribution in [-0.2, 0) is 24.2 Å². The van der Waals surface area contributed by atoms with Gasteiger partial charge in [-0.1, -0.05) is 42.5 Å². The smallest absolute Gasteiger partial charge is 0.220 e. The van der Waals surface area contributed by atoms with Crippen molar-refractivity contribution in [1.82, 2.24) is 15.1 Å². The summed E-state index contributed by atoms with van der Waals surface area (Å²) in [4.78, 5) is 29.6. The van der Waals surface area contributed by atoms with Crippen LogP contribution in [0.4, 0.5) is 0 Å². The van der Waals surface area contributed by atoms with Gasteiger partial charge in [0.05, 0.1) is 0 Å². The molecular formula is C27H35N3O2. The second kappa shape index (κ2) is 11.4. The normalized spacial score (nSPS) is 16.6. The van der Waals surface area contributed by atoms with Crippen molar-refractivity contribution in [2.24, 2.45) is 0 Å². The van der Waals surface area contributed by atoms with Crippen LogP contribution in [-0.4, -0.2) is 60.8 Å². The molecule has 0 spiro atoms. The van der Waals surface area contributed by atoms with E-state index in [2.05, 4.69) is 51.5 Å². The number of fused-ring (bicyclic) bond motifs is 1. The van der Waals surface area contributed by atoms with Gasteiger partial charge in [-0.2, -0.15) is 0 Å². The third-order valence-corrected chi connectivity index (χ3v) is 6.69. The van der Waals surface area contributed by atoms with Crippen molar-refractivity contribution in [2.75, 3.05) is 39.3 Å². The molecule has 1 amide bonds. The van der Waals surface area contributed by atoms with Crippen molar-refractivity contribution in [3.8, 4) is 0 Å². The molecule has 0 radical (unpaired) electrons. The fraction of sp³-hybridized carbons (Fsp3) is 0.481. The Bertz CT molecular complexity index is 904. The first-order chi connectivity index (χ1) is 15.7. The molecule has 32 heavy (non-hydrogen) atoms. The number of aryl methyl sites for hydroxylation is 2. The van der Waals surface area contributed by atoms with Crippen LogP contribution in [0, 0.1) is 0 Å². The van der Waals surface area contributed by atoms with Gasteiger partial charge in [0, 0.05) is 57.7 Å². The molecule has 2 aliphatic rings. The predicted octanol–water partition coefficient (Wildman–Crippen LogP) is 3.46. The molecule has 2 aromatic rings. The number of hydrogen-bond acceptors (Lipinski definition) is 4. The van der Waals surface area contributed by atoms with Gasteiger partial charge in [-0.15, -0.1) is 0 Å². The zero-order chi connectivity index (χ0) is 22.2. The van der Waals surface area contributed by atoms with Gasteiger partial charge in [-0.05, 0) is 55.0 Å². The number of nitrogens with one attached hydrogen (secondary N) is 1. The lowest BCUT2D eigenvalue weighted by atomic mass is 10.0. The van der Waals surface area contributed by atoms with E-state index in [1.54, 1.807) is 0 Å². The lowest BCUT2D eigenvalue weighted by Crippen LogP contribution is -2.46. The Morgan fingerprint density at radius 2 is 1.59 bits per heavy atom. The SMILES string of the molecule is O=C(CCC(=O)c1ccc2c(c1)CCC2)NCCCN1CCN(Cc2ccccc2)CC1. The maximum Gasteiger partial charge on any atom is 0.220 e. The van der Waals surface area contributed by atoms with Crippen LogP contribution in [0.5, 0.6) is 0 Å². The summed E-state index contributed by atoms with van der Waals surface area (Å²) in [6.45, 7) is 7.04. The van der Waals surface area contributed by atoms with Crippen molar-refractivity contribution >= 4 is 11.7 Å². The number of carbonyl (C=O) groups excluding carboxylic acids is 2. The van der Waals surface area contributed by atoms with E-state index in [0.717, 1.165) is 64.1 Å². The second-order valence-electron chi connectivity index (χ2n) is 9.07. The Kier molecular flexibility index (Phi) is 8.07. The molecular weight excluding hydrogens is 398 g/mol. The lowest BCUT2D eigenvalue weighted by Gasteiger charge is -2.34. The van der Waals surface area contributed by atoms with Crippen LogP contribution in [0.2, 0.25) is 0 Å². The molecule has 0 aromatic heterocycles. The zero-order valence-corrected chi connectivity index (χ0v) is 19.0. The van der Waals surface area contributed by atoms with Gasteiger partial charge in [0.25, 0.3) is 0 Å². The first kappa shape index (κ1) is 22.7. The van der Waals surface area contributed by atoms with Crippen molar-refractivity contribution in [1.29, 1.82) is 0 Å². The molecule has 5 heteroatoms. The summed E-state index contributed by atoms with van der Waals surface area (Å²) in [6.07, 6.45) is 4.87. The minimum absolute atomic E-state index is 0.0211. The van der Waals surface area contributed by atoms with Gasteiger partial charge in [0.1, 0.15) is 0 Å². The zero-order valence-electron chi connectivity index (χ0n) is 19.0. The summed E-state index contributed by atoms with van der Waals surface area (Å²) < 4.78 is 0. The Hall–Kier alpha value is -2.50. The Balaban J connectivity index is 1.07. The monoisotopic (exact) mass is 433 g/mol. The molecule has 1 saturated heterocycles. The molecule has 1 aliphatic heterocycles. The number of carbonyl (C=O) groups is 2. The van der Waals surface area contributed by atoms with Crippen LogP contribution in [0.1, 0.15) is 52.7 Å². The van der Waals surface area contributed by atoms with Crippen LogP contribution in [0.15, 0.2) is 48.5 Å². The van der Waals surface area contributed by atoms with Crippen molar-refractivity contribution < 1.29 is 9.59 Å². The topological polar surface area (TPSA) is 52.7 Å². The molecule has 1 N–H and O–H groups in total. The maximum absolute atomic E-state index is 12.4. The molecule has 0 unspecified atom stereocenters. The van der Waals surface area contributed by atoms with Crippen LogP contribution in [0.3, 0.4) is 0 Å². The molecule has 1 heterocycles. The van der Waals surface area contributed by atoms with Gasteiger partial charge in [0.2, 0.25) is 5.91 Å². The number of benzene rings is 2. The Morgan fingerprint density at radius 3 is 2.41 bits per heavy atom. The fourth-order valence-corrected chi connectivity index (χ4v) is 4.75. The summed E-state index contributed by atoms with van der Waals surface area (Å²) in [5.41, 5.74) is 4.81. The van der Waals surface area contributed by atoms with Gasteiger partial charge < -0.3 is 10.2 Å². The third-order valence-electron chi connectivity index (χ3n) is 6.69. The molecule has 2 aromatic carbocycles. The quantitative estimate of drug-likeness (QED) is 0.461. The molecule has 0 atom stereocenters. The second-order valence-corrected chi connectivity index (χ2v) is 9.07. The highest BCUT2D eigenvalue weighted by atomic mass is 16.2. The van der Waals surface area contributed by atoms with Crippen LogP contribution >= 0.6 is 0 Å². The van der Waals surface area contributed by atoms with Crippen molar-refractivity contribution in [3.63, 3.8) is 0 Å². The molecule has 1 aliphatic carbocycles. The number of hydrogen-bond donors (Lipinski definition) is 1. The molecule has 0 bridgehead atoms. The minimum Gasteiger partial charge on any atom is -0.356 e. The number of ketones is 1. The minimum atomic E-state index is -0.0211. The van der Waals surface area contributed by atoms with Crippen molar-refractivity contribution in [3.05, 3.63) is 70.8 Å². The lowest BCUT2D eigenvalue weighted by molar-refractivity contribution is -0.121. The van der Waals surface area contributed by atoms with E-state index in [9.17, 15) is 9.59 Å². The highest BCUT2D eigenvalue weighted by molar-refractivity contribution is 5.98. The van der Waals surface area contributed by atoms with Crippen LogP contribution < -0.4 is 5.32 Å². The van der Waals surface area contributed by atoms with Gasteiger partial charge in [-0.25, -0.2) is 0 Å². The molecule has 4 rings (SSSR count). The van der Waals surface area contributed by atoms with Crippen LogP contribution in [0.25, 0.3) is 0 Å². The number of piperazine rings is 1. The first-order valence-electron chi connectivity index (χ1n) is 12.1. The van der Waals surface area contributed by atoms with Gasteiger partial charge in [0.15, 0.2) is 5.78 Å². The molecule has 5 nitrogen and oxygen atoms in total. The predicted molar refractivity (Wildman–Crippen MR) is 128 cm³/mol. The Labute approximate surface area is 191 Å². The molecule has 0 saturated carbocycles. The fourth-order valence-electron chi connectivity index (χ4n) is 4.75. The highest BCUT2D eigenvalue weighted by Crippen LogP contribution is 2.23. The first-order valence-corrected chi connectivity index (χ1v) is 12.1. The molecule has 1 fully saturated rings. The van der Waals surface area contributed by atoms with Gasteiger partial charge >= 0.3 is 0 Å². The van der Waals surface area contributed by atoms with E-state index in [1.165, 1.54) is 23.1 Å². The highest BCUT2D eigenvalue weighted by Gasteiger charge is 2.17. The summed E-state index contributed by atoms with van der Waals surface area (Å²) in [5, 5.41) is 2.98. The number of amides is 1. The number of rotatable bonds is 10. The van der Waals surface area contributed by atoms with Crippen molar-refractivity contribution in [2.45, 2.75) is 45.1 Å². The number of Topliss-reactive ketones (excluding diaryl/α,β-unsaturated/α-hetero) is 1. The summed E-state index contributed by atoms with van der Waals surface area (Å²) in [7, 11) is 0. The van der Waals surface area contributed by atoms with E-state index in [4.69, 9.17) is 0 Å². The summed E-state index contributed by atoms with van der Waals surface area (Å²) >= 11 is 0. The third kappa shape index (κ3) is 6.50. The van der Waals surface area contributed by atoms with E-state index >= 15 is 0 Å². The molecule has 170 valence electrons. The van der Waals surface area contributed by atoms with E-state index in [0.29, 0.717) is 6.54 Å². The van der Waals surface area contributed by atoms with E-state index < -0.39 is 0 Å².